The molecule has 2 bridgehead atoms. The molecule has 5 nitrogen and oxygen atoms in total. The summed E-state index contributed by atoms with van der Waals surface area (Å²) < 4.78 is 0. The van der Waals surface area contributed by atoms with Crippen molar-refractivity contribution >= 4 is 6.09 Å². The summed E-state index contributed by atoms with van der Waals surface area (Å²) in [5.41, 5.74) is 1.03. The van der Waals surface area contributed by atoms with E-state index in [-0.39, 0.29) is 24.0 Å². The molecule has 0 aromatic heterocycles. The highest BCUT2D eigenvalue weighted by atomic mass is 16.4. The van der Waals surface area contributed by atoms with Gasteiger partial charge in [-0.25, -0.2) is 4.79 Å². The fourth-order valence-corrected chi connectivity index (χ4v) is 3.74. The fraction of sp³-hybridized carbons (Fsp3) is 0.500. The highest BCUT2D eigenvalue weighted by Crippen LogP contribution is 2.35. The lowest BCUT2D eigenvalue weighted by Gasteiger charge is -2.38. The maximum Gasteiger partial charge on any atom is 0.407 e. The predicted octanol–water partition coefficient (Wildman–Crippen LogP) is 2.12. The Morgan fingerprint density at radius 2 is 2.05 bits per heavy atom. The minimum atomic E-state index is -0.824. The van der Waals surface area contributed by atoms with Crippen LogP contribution < -0.4 is 0 Å². The number of rotatable bonds is 3. The number of hydrogen-bond acceptors (Lipinski definition) is 3. The number of benzene rings is 1. The van der Waals surface area contributed by atoms with Gasteiger partial charge in [0.1, 0.15) is 0 Å². The highest BCUT2D eigenvalue weighted by Gasteiger charge is 2.47. The molecule has 2 aliphatic rings. The van der Waals surface area contributed by atoms with Crippen molar-refractivity contribution in [3.63, 3.8) is 0 Å². The van der Waals surface area contributed by atoms with Crippen molar-refractivity contribution in [1.82, 2.24) is 9.80 Å². The number of carboxylic acid groups (broad SMARTS) is 1. The molecule has 21 heavy (non-hydrogen) atoms. The summed E-state index contributed by atoms with van der Waals surface area (Å²) >= 11 is 0. The Morgan fingerprint density at radius 1 is 1.33 bits per heavy atom. The van der Waals surface area contributed by atoms with Crippen molar-refractivity contribution in [2.45, 2.75) is 37.4 Å². The Bertz CT molecular complexity index is 569. The average Bonchev–Trinajstić information content (AvgIpc) is 3.09. The molecule has 1 amide bonds. The second-order valence-corrected chi connectivity index (χ2v) is 5.93. The smallest absolute Gasteiger partial charge is 0.407 e. The molecule has 5 heteroatoms. The van der Waals surface area contributed by atoms with Crippen molar-refractivity contribution < 1.29 is 9.90 Å². The molecule has 3 rings (SSSR count). The Balaban J connectivity index is 1.74. The van der Waals surface area contributed by atoms with Crippen LogP contribution in [0, 0.1) is 11.3 Å². The van der Waals surface area contributed by atoms with Crippen LogP contribution in [0.4, 0.5) is 4.79 Å². The maximum atomic E-state index is 11.1. The first kappa shape index (κ1) is 13.9. The number of likely N-dealkylation sites (tertiary alicyclic amines) is 2. The molecule has 2 saturated heterocycles. The summed E-state index contributed by atoms with van der Waals surface area (Å²) in [6.07, 6.45) is 0.0681. The van der Waals surface area contributed by atoms with Gasteiger partial charge in [-0.3, -0.25) is 4.90 Å². The summed E-state index contributed by atoms with van der Waals surface area (Å²) in [6, 6.07) is 12.7. The number of hydrogen-bond donors (Lipinski definition) is 1. The lowest BCUT2D eigenvalue weighted by Crippen LogP contribution is -2.52. The van der Waals surface area contributed by atoms with E-state index in [9.17, 15) is 10.1 Å². The zero-order valence-corrected chi connectivity index (χ0v) is 12.0. The van der Waals surface area contributed by atoms with E-state index in [1.54, 1.807) is 0 Å². The van der Waals surface area contributed by atoms with Gasteiger partial charge in [0.15, 0.2) is 0 Å². The van der Waals surface area contributed by atoms with Crippen LogP contribution in [0.1, 0.15) is 24.8 Å². The summed E-state index contributed by atoms with van der Waals surface area (Å²) in [5.74, 6) is -0.177. The highest BCUT2D eigenvalue weighted by molar-refractivity contribution is 5.66. The lowest BCUT2D eigenvalue weighted by atomic mass is 9.92. The Labute approximate surface area is 124 Å². The van der Waals surface area contributed by atoms with Crippen LogP contribution in [0.2, 0.25) is 0 Å². The Hall–Kier alpha value is -2.06. The minimum absolute atomic E-state index is 0.0880. The van der Waals surface area contributed by atoms with E-state index in [1.807, 2.05) is 30.3 Å². The van der Waals surface area contributed by atoms with Gasteiger partial charge in [-0.1, -0.05) is 30.3 Å². The molecule has 1 aromatic carbocycles. The number of fused-ring (bicyclic) bond motifs is 2. The third-order valence-electron chi connectivity index (χ3n) is 4.83. The first-order chi connectivity index (χ1) is 10.1. The van der Waals surface area contributed by atoms with Gasteiger partial charge in [-0.15, -0.1) is 0 Å². The van der Waals surface area contributed by atoms with Gasteiger partial charge in [0.25, 0.3) is 0 Å². The minimum Gasteiger partial charge on any atom is -0.465 e. The number of carbonyl (C=O) groups is 1. The molecule has 4 atom stereocenters. The molecule has 1 N–H and O–H groups in total. The van der Waals surface area contributed by atoms with Gasteiger partial charge in [0, 0.05) is 31.2 Å². The topological polar surface area (TPSA) is 67.6 Å². The second-order valence-electron chi connectivity index (χ2n) is 5.93. The van der Waals surface area contributed by atoms with Crippen molar-refractivity contribution in [2.24, 2.45) is 0 Å². The zero-order valence-electron chi connectivity index (χ0n) is 12.0. The van der Waals surface area contributed by atoms with Gasteiger partial charge >= 0.3 is 6.09 Å². The van der Waals surface area contributed by atoms with E-state index in [0.717, 1.165) is 18.5 Å². The van der Waals surface area contributed by atoms with E-state index in [2.05, 4.69) is 17.9 Å². The van der Waals surface area contributed by atoms with Crippen LogP contribution in [-0.4, -0.2) is 52.2 Å². The van der Waals surface area contributed by atoms with E-state index >= 15 is 0 Å². The lowest BCUT2D eigenvalue weighted by molar-refractivity contribution is 0.0832. The molecular formula is C16H19N3O2. The average molecular weight is 285 g/mol. The Morgan fingerprint density at radius 3 is 2.57 bits per heavy atom. The first-order valence-corrected chi connectivity index (χ1v) is 7.31. The molecule has 0 radical (unpaired) electrons. The molecule has 0 spiro atoms. The van der Waals surface area contributed by atoms with Crippen LogP contribution in [-0.2, 0) is 0 Å². The van der Waals surface area contributed by atoms with Gasteiger partial charge in [-0.05, 0) is 18.9 Å². The van der Waals surface area contributed by atoms with Gasteiger partial charge in [0.2, 0.25) is 0 Å². The van der Waals surface area contributed by atoms with Gasteiger partial charge in [-0.2, -0.15) is 5.26 Å². The summed E-state index contributed by atoms with van der Waals surface area (Å²) in [5, 5.41) is 18.7. The normalized spacial score (nSPS) is 27.3. The van der Waals surface area contributed by atoms with Crippen molar-refractivity contribution in [1.29, 1.82) is 5.26 Å². The molecule has 110 valence electrons. The summed E-state index contributed by atoms with van der Waals surface area (Å²) in [6.45, 7) is 3.38. The molecule has 2 fully saturated rings. The molecule has 2 aliphatic heterocycles. The van der Waals surface area contributed by atoms with Crippen molar-refractivity contribution in [3.05, 3.63) is 35.9 Å². The zero-order chi connectivity index (χ0) is 15.0. The van der Waals surface area contributed by atoms with E-state index < -0.39 is 6.09 Å². The molecule has 2 heterocycles. The third-order valence-corrected chi connectivity index (χ3v) is 4.83. The fourth-order valence-electron chi connectivity index (χ4n) is 3.74. The summed E-state index contributed by atoms with van der Waals surface area (Å²) in [7, 11) is 0. The van der Waals surface area contributed by atoms with Crippen LogP contribution in [0.5, 0.6) is 0 Å². The van der Waals surface area contributed by atoms with Crippen LogP contribution in [0.25, 0.3) is 0 Å². The van der Waals surface area contributed by atoms with E-state index in [4.69, 9.17) is 5.11 Å². The van der Waals surface area contributed by atoms with E-state index in [1.165, 1.54) is 4.90 Å². The van der Waals surface area contributed by atoms with Gasteiger partial charge in [0.05, 0.1) is 12.0 Å². The van der Waals surface area contributed by atoms with Crippen LogP contribution in [0.3, 0.4) is 0 Å². The number of nitriles is 1. The summed E-state index contributed by atoms with van der Waals surface area (Å²) in [4.78, 5) is 15.0. The number of amides is 1. The third kappa shape index (κ3) is 2.36. The molecule has 4 unspecified atom stereocenters. The van der Waals surface area contributed by atoms with Crippen LogP contribution in [0.15, 0.2) is 30.3 Å². The second kappa shape index (κ2) is 5.38. The van der Waals surface area contributed by atoms with Crippen molar-refractivity contribution in [3.8, 4) is 6.07 Å². The molecule has 0 aliphatic carbocycles. The standard InChI is InChI=1S/C16H19N3O2/c1-11(15(8-17)12-5-3-2-4-6-12)18-9-14-7-13(18)10-19(14)16(20)21/h2-6,11,13-15H,7,9-10H2,1H3,(H,20,21). The predicted molar refractivity (Wildman–Crippen MR) is 77.9 cm³/mol. The quantitative estimate of drug-likeness (QED) is 0.923. The monoisotopic (exact) mass is 285 g/mol. The van der Waals surface area contributed by atoms with Crippen molar-refractivity contribution in [2.75, 3.05) is 13.1 Å². The number of nitrogens with zero attached hydrogens (tertiary/aromatic N) is 3. The molecule has 0 saturated carbocycles. The Kier molecular flexibility index (Phi) is 3.56. The first-order valence-electron chi connectivity index (χ1n) is 7.31. The van der Waals surface area contributed by atoms with Crippen LogP contribution >= 0.6 is 0 Å². The maximum absolute atomic E-state index is 11.1. The number of piperazine rings is 1. The molecule has 1 aromatic rings. The van der Waals surface area contributed by atoms with Gasteiger partial charge < -0.3 is 10.0 Å². The largest absolute Gasteiger partial charge is 0.465 e. The molecular weight excluding hydrogens is 266 g/mol. The SMILES string of the molecule is CC(C(C#N)c1ccccc1)N1CC2CC1CN2C(=O)O. The van der Waals surface area contributed by atoms with E-state index in [0.29, 0.717) is 6.54 Å².